The molecule has 1 aromatic heterocycles. The van der Waals surface area contributed by atoms with Crippen LogP contribution in [-0.2, 0) is 4.79 Å². The van der Waals surface area contributed by atoms with E-state index in [0.717, 1.165) is 30.0 Å². The Hall–Kier alpha value is -3.20. The van der Waals surface area contributed by atoms with Crippen LogP contribution in [0.4, 0.5) is 23.1 Å². The SMILES string of the molecule is CN1C(=O)C(C)(C)CN(C2CCCC2)c2nc(Nc3ccc(C(=O)NCCO)cc3)ncc21. The summed E-state index contributed by atoms with van der Waals surface area (Å²) in [5.74, 6) is 1.04. The van der Waals surface area contributed by atoms with Crippen molar-refractivity contribution in [1.29, 1.82) is 0 Å². The summed E-state index contributed by atoms with van der Waals surface area (Å²) in [4.78, 5) is 38.4. The molecule has 0 bridgehead atoms. The Bertz CT molecular complexity index is 1020. The van der Waals surface area contributed by atoms with E-state index in [1.165, 1.54) is 12.8 Å². The lowest BCUT2D eigenvalue weighted by atomic mass is 9.91. The van der Waals surface area contributed by atoms with Crippen LogP contribution in [0.2, 0.25) is 0 Å². The van der Waals surface area contributed by atoms with Gasteiger partial charge in [0.15, 0.2) is 5.82 Å². The van der Waals surface area contributed by atoms with Gasteiger partial charge in [0.2, 0.25) is 11.9 Å². The first-order chi connectivity index (χ1) is 15.8. The molecule has 1 saturated carbocycles. The lowest BCUT2D eigenvalue weighted by molar-refractivity contribution is -0.125. The maximum absolute atomic E-state index is 13.1. The predicted octanol–water partition coefficient (Wildman–Crippen LogP) is 2.69. The summed E-state index contributed by atoms with van der Waals surface area (Å²) < 4.78 is 0. The van der Waals surface area contributed by atoms with E-state index in [1.807, 2.05) is 13.8 Å². The lowest BCUT2D eigenvalue weighted by Gasteiger charge is -2.34. The number of aliphatic hydroxyl groups excluding tert-OH is 1. The van der Waals surface area contributed by atoms with Crippen molar-refractivity contribution in [2.75, 3.05) is 41.9 Å². The standard InChI is InChI=1S/C24H32N6O3/c1-24(2)15-30(18-6-4-5-7-18)20-19(29(3)22(24)33)14-26-23(28-20)27-17-10-8-16(9-11-17)21(32)25-12-13-31/h8-11,14,18,31H,4-7,12-13,15H2,1-3H3,(H,25,32)(H,26,27,28). The van der Waals surface area contributed by atoms with Gasteiger partial charge in [-0.25, -0.2) is 4.98 Å². The van der Waals surface area contributed by atoms with Crippen LogP contribution in [0.1, 0.15) is 49.9 Å². The first kappa shape index (κ1) is 23.0. The number of benzene rings is 1. The number of nitrogens with one attached hydrogen (secondary N) is 2. The van der Waals surface area contributed by atoms with Gasteiger partial charge in [-0.05, 0) is 51.0 Å². The molecule has 176 valence electrons. The second-order valence-corrected chi connectivity index (χ2v) is 9.40. The largest absolute Gasteiger partial charge is 0.395 e. The van der Waals surface area contributed by atoms with Gasteiger partial charge in [0, 0.05) is 37.4 Å². The minimum Gasteiger partial charge on any atom is -0.395 e. The molecule has 0 spiro atoms. The van der Waals surface area contributed by atoms with Gasteiger partial charge in [-0.15, -0.1) is 0 Å². The van der Waals surface area contributed by atoms with Gasteiger partial charge in [-0.3, -0.25) is 9.59 Å². The molecule has 2 aromatic rings. The number of rotatable bonds is 6. The Morgan fingerprint density at radius 2 is 1.91 bits per heavy atom. The highest BCUT2D eigenvalue weighted by Gasteiger charge is 2.41. The Labute approximate surface area is 194 Å². The lowest BCUT2D eigenvalue weighted by Crippen LogP contribution is -2.45. The quantitative estimate of drug-likeness (QED) is 0.618. The fourth-order valence-electron chi connectivity index (χ4n) is 4.63. The molecule has 1 aliphatic heterocycles. The third-order valence-electron chi connectivity index (χ3n) is 6.40. The van der Waals surface area contributed by atoms with E-state index in [2.05, 4.69) is 20.5 Å². The molecule has 3 N–H and O–H groups in total. The van der Waals surface area contributed by atoms with Gasteiger partial charge in [-0.2, -0.15) is 4.98 Å². The highest BCUT2D eigenvalue weighted by molar-refractivity contribution is 6.01. The van der Waals surface area contributed by atoms with E-state index in [9.17, 15) is 9.59 Å². The number of amides is 2. The number of nitrogens with zero attached hydrogens (tertiary/aromatic N) is 4. The van der Waals surface area contributed by atoms with E-state index in [-0.39, 0.29) is 25.0 Å². The van der Waals surface area contributed by atoms with Crippen molar-refractivity contribution in [3.8, 4) is 0 Å². The molecule has 0 unspecified atom stereocenters. The van der Waals surface area contributed by atoms with Crippen LogP contribution in [-0.4, -0.2) is 59.7 Å². The van der Waals surface area contributed by atoms with Gasteiger partial charge in [-0.1, -0.05) is 12.8 Å². The number of hydrogen-bond acceptors (Lipinski definition) is 7. The van der Waals surface area contributed by atoms with Gasteiger partial charge in [0.05, 0.1) is 18.2 Å². The van der Waals surface area contributed by atoms with Gasteiger partial charge < -0.3 is 25.5 Å². The maximum atomic E-state index is 13.1. The molecule has 0 atom stereocenters. The molecular weight excluding hydrogens is 420 g/mol. The molecule has 1 aliphatic carbocycles. The number of fused-ring (bicyclic) bond motifs is 1. The first-order valence-electron chi connectivity index (χ1n) is 11.5. The zero-order valence-corrected chi connectivity index (χ0v) is 19.5. The minimum atomic E-state index is -0.530. The molecule has 9 nitrogen and oxygen atoms in total. The summed E-state index contributed by atoms with van der Waals surface area (Å²) in [6.45, 7) is 4.71. The monoisotopic (exact) mass is 452 g/mol. The second-order valence-electron chi connectivity index (χ2n) is 9.40. The van der Waals surface area contributed by atoms with Gasteiger partial charge in [0.25, 0.3) is 5.91 Å². The molecule has 0 radical (unpaired) electrons. The number of aliphatic hydroxyl groups is 1. The normalized spacial score (nSPS) is 18.1. The van der Waals surface area contributed by atoms with Crippen LogP contribution in [0.15, 0.2) is 30.5 Å². The van der Waals surface area contributed by atoms with Crippen molar-refractivity contribution in [2.45, 2.75) is 45.6 Å². The van der Waals surface area contributed by atoms with Crippen LogP contribution in [0.5, 0.6) is 0 Å². The zero-order valence-electron chi connectivity index (χ0n) is 19.5. The number of hydrogen-bond donors (Lipinski definition) is 3. The third kappa shape index (κ3) is 4.78. The molecule has 2 amide bonds. The Kier molecular flexibility index (Phi) is 6.51. The molecule has 1 fully saturated rings. The van der Waals surface area contributed by atoms with Crippen molar-refractivity contribution in [3.05, 3.63) is 36.0 Å². The van der Waals surface area contributed by atoms with Gasteiger partial charge in [0.1, 0.15) is 5.69 Å². The summed E-state index contributed by atoms with van der Waals surface area (Å²) in [7, 11) is 1.79. The van der Waals surface area contributed by atoms with E-state index in [4.69, 9.17) is 10.1 Å². The number of carbonyl (C=O) groups excluding carboxylic acids is 2. The van der Waals surface area contributed by atoms with E-state index in [1.54, 1.807) is 42.4 Å². The summed E-state index contributed by atoms with van der Waals surface area (Å²) in [5.41, 5.74) is 1.45. The van der Waals surface area contributed by atoms with E-state index >= 15 is 0 Å². The van der Waals surface area contributed by atoms with Crippen molar-refractivity contribution >= 4 is 35.0 Å². The zero-order chi connectivity index (χ0) is 23.6. The van der Waals surface area contributed by atoms with Crippen LogP contribution >= 0.6 is 0 Å². The summed E-state index contributed by atoms with van der Waals surface area (Å²) in [6.07, 6.45) is 6.28. The summed E-state index contributed by atoms with van der Waals surface area (Å²) >= 11 is 0. The van der Waals surface area contributed by atoms with E-state index in [0.29, 0.717) is 24.1 Å². The average Bonchev–Trinajstić information content (AvgIpc) is 3.33. The maximum Gasteiger partial charge on any atom is 0.251 e. The molecule has 33 heavy (non-hydrogen) atoms. The van der Waals surface area contributed by atoms with Gasteiger partial charge >= 0.3 is 0 Å². The third-order valence-corrected chi connectivity index (χ3v) is 6.40. The smallest absolute Gasteiger partial charge is 0.251 e. The highest BCUT2D eigenvalue weighted by Crippen LogP contribution is 2.40. The number of carbonyl (C=O) groups is 2. The molecule has 2 aliphatic rings. The van der Waals surface area contributed by atoms with Crippen LogP contribution in [0.3, 0.4) is 0 Å². The predicted molar refractivity (Wildman–Crippen MR) is 128 cm³/mol. The number of aromatic nitrogens is 2. The van der Waals surface area contributed by atoms with Crippen molar-refractivity contribution in [3.63, 3.8) is 0 Å². The fourth-order valence-corrected chi connectivity index (χ4v) is 4.63. The Balaban J connectivity index is 1.61. The number of anilines is 4. The highest BCUT2D eigenvalue weighted by atomic mass is 16.3. The summed E-state index contributed by atoms with van der Waals surface area (Å²) in [6, 6.07) is 7.35. The first-order valence-corrected chi connectivity index (χ1v) is 11.5. The average molecular weight is 453 g/mol. The Morgan fingerprint density at radius 3 is 2.58 bits per heavy atom. The topological polar surface area (TPSA) is 111 Å². The summed E-state index contributed by atoms with van der Waals surface area (Å²) in [5, 5.41) is 14.7. The second kappa shape index (κ2) is 9.35. The Morgan fingerprint density at radius 1 is 1.21 bits per heavy atom. The molecule has 1 aromatic carbocycles. The molecular formula is C24H32N6O3. The molecule has 4 rings (SSSR count). The van der Waals surface area contributed by atoms with Crippen molar-refractivity contribution in [1.82, 2.24) is 15.3 Å². The van der Waals surface area contributed by atoms with Crippen molar-refractivity contribution < 1.29 is 14.7 Å². The molecule has 2 heterocycles. The van der Waals surface area contributed by atoms with Crippen LogP contribution in [0.25, 0.3) is 0 Å². The van der Waals surface area contributed by atoms with E-state index < -0.39 is 5.41 Å². The van der Waals surface area contributed by atoms with Crippen LogP contribution < -0.4 is 20.4 Å². The van der Waals surface area contributed by atoms with Crippen LogP contribution in [0, 0.1) is 5.41 Å². The minimum absolute atomic E-state index is 0.0589. The molecule has 0 saturated heterocycles. The van der Waals surface area contributed by atoms with Crippen molar-refractivity contribution in [2.24, 2.45) is 5.41 Å². The fraction of sp³-hybridized carbons (Fsp3) is 0.500. The molecule has 9 heteroatoms.